The first-order valence-corrected chi connectivity index (χ1v) is 9.88. The fourth-order valence-corrected chi connectivity index (χ4v) is 4.80. The summed E-state index contributed by atoms with van der Waals surface area (Å²) in [4.78, 5) is 29.2. The minimum atomic E-state index is -0.828. The zero-order chi connectivity index (χ0) is 18.0. The summed E-state index contributed by atoms with van der Waals surface area (Å²) in [5, 5.41) is 9.57. The fraction of sp³-hybridized carbons (Fsp3) is 0.800. The third-order valence-electron chi connectivity index (χ3n) is 6.62. The van der Waals surface area contributed by atoms with Gasteiger partial charge in [-0.3, -0.25) is 14.5 Å². The largest absolute Gasteiger partial charge is 0.481 e. The number of piperazine rings is 1. The van der Waals surface area contributed by atoms with Crippen molar-refractivity contribution in [2.24, 2.45) is 11.8 Å². The maximum atomic E-state index is 13.0. The Kier molecular flexibility index (Phi) is 5.82. The second-order valence-corrected chi connectivity index (χ2v) is 8.17. The molecule has 5 heteroatoms. The number of carbonyl (C=O) groups excluding carboxylic acids is 1. The van der Waals surface area contributed by atoms with Crippen LogP contribution in [0.5, 0.6) is 0 Å². The van der Waals surface area contributed by atoms with Gasteiger partial charge in [0.25, 0.3) is 0 Å². The van der Waals surface area contributed by atoms with Crippen LogP contribution in [0.25, 0.3) is 0 Å². The molecule has 1 heterocycles. The molecule has 140 valence electrons. The van der Waals surface area contributed by atoms with Gasteiger partial charge >= 0.3 is 5.97 Å². The zero-order valence-corrected chi connectivity index (χ0v) is 15.7. The van der Waals surface area contributed by atoms with E-state index < -0.39 is 11.9 Å². The van der Waals surface area contributed by atoms with E-state index in [0.29, 0.717) is 18.9 Å². The van der Waals surface area contributed by atoms with Crippen LogP contribution in [0, 0.1) is 11.8 Å². The van der Waals surface area contributed by atoms with Crippen molar-refractivity contribution < 1.29 is 14.7 Å². The third kappa shape index (κ3) is 4.08. The van der Waals surface area contributed by atoms with Gasteiger partial charge in [0.15, 0.2) is 0 Å². The molecule has 1 N–H and O–H groups in total. The molecule has 0 aromatic heterocycles. The highest BCUT2D eigenvalue weighted by Crippen LogP contribution is 2.35. The molecule has 0 bridgehead atoms. The topological polar surface area (TPSA) is 60.9 Å². The van der Waals surface area contributed by atoms with Gasteiger partial charge in [0.1, 0.15) is 0 Å². The number of hydrogen-bond acceptors (Lipinski definition) is 3. The number of carbonyl (C=O) groups is 2. The van der Waals surface area contributed by atoms with Crippen LogP contribution in [0.4, 0.5) is 0 Å². The normalized spacial score (nSPS) is 29.8. The maximum Gasteiger partial charge on any atom is 0.307 e. The van der Waals surface area contributed by atoms with E-state index in [-0.39, 0.29) is 11.8 Å². The zero-order valence-electron chi connectivity index (χ0n) is 15.7. The van der Waals surface area contributed by atoms with Crippen LogP contribution < -0.4 is 0 Å². The first-order valence-electron chi connectivity index (χ1n) is 9.88. The van der Waals surface area contributed by atoms with Gasteiger partial charge in [-0.15, -0.1) is 0 Å². The van der Waals surface area contributed by atoms with Crippen molar-refractivity contribution in [2.75, 3.05) is 26.2 Å². The molecule has 0 radical (unpaired) electrons. The molecular formula is C20H32N2O3. The first-order chi connectivity index (χ1) is 12.0. The van der Waals surface area contributed by atoms with E-state index in [4.69, 9.17) is 0 Å². The molecule has 2 fully saturated rings. The monoisotopic (exact) mass is 348 g/mol. The quantitative estimate of drug-likeness (QED) is 0.797. The van der Waals surface area contributed by atoms with E-state index in [2.05, 4.69) is 4.90 Å². The highest BCUT2D eigenvalue weighted by atomic mass is 16.4. The highest BCUT2D eigenvalue weighted by Gasteiger charge is 2.40. The molecular weight excluding hydrogens is 316 g/mol. The van der Waals surface area contributed by atoms with Gasteiger partial charge in [-0.1, -0.05) is 30.4 Å². The molecule has 3 aliphatic rings. The number of rotatable bonds is 3. The van der Waals surface area contributed by atoms with E-state index in [0.717, 1.165) is 31.8 Å². The Morgan fingerprint density at radius 2 is 1.44 bits per heavy atom. The second kappa shape index (κ2) is 7.90. The number of aliphatic carboxylic acids is 1. The van der Waals surface area contributed by atoms with Gasteiger partial charge in [0, 0.05) is 32.2 Å². The van der Waals surface area contributed by atoms with Crippen LogP contribution >= 0.6 is 0 Å². The minimum absolute atomic E-state index is 0.0579. The van der Waals surface area contributed by atoms with Crippen LogP contribution in [-0.2, 0) is 9.59 Å². The summed E-state index contributed by atoms with van der Waals surface area (Å²) in [5.74, 6) is -1.72. The molecule has 2 aliphatic carbocycles. The summed E-state index contributed by atoms with van der Waals surface area (Å²) < 4.78 is 0. The van der Waals surface area contributed by atoms with Gasteiger partial charge in [0.05, 0.1) is 11.8 Å². The molecule has 5 nitrogen and oxygen atoms in total. The summed E-state index contributed by atoms with van der Waals surface area (Å²) in [6.45, 7) is 7.41. The van der Waals surface area contributed by atoms with Gasteiger partial charge < -0.3 is 10.0 Å². The SMILES string of the molecule is CC1=C(C)CC(C(=O)N2CCN(C3CCCCC3)CC2)C(C(=O)O)C1. The number of amides is 1. The van der Waals surface area contributed by atoms with Crippen LogP contribution in [0.1, 0.15) is 58.8 Å². The Bertz CT molecular complexity index is 543. The smallest absolute Gasteiger partial charge is 0.307 e. The maximum absolute atomic E-state index is 13.0. The molecule has 0 spiro atoms. The van der Waals surface area contributed by atoms with E-state index in [1.165, 1.54) is 37.7 Å². The molecule has 3 rings (SSSR count). The average Bonchev–Trinajstić information content (AvgIpc) is 2.63. The predicted molar refractivity (Wildman–Crippen MR) is 97.2 cm³/mol. The van der Waals surface area contributed by atoms with Crippen molar-refractivity contribution in [1.82, 2.24) is 9.80 Å². The Morgan fingerprint density at radius 3 is 2.00 bits per heavy atom. The fourth-order valence-electron chi connectivity index (χ4n) is 4.80. The minimum Gasteiger partial charge on any atom is -0.481 e. The number of carboxylic acid groups (broad SMARTS) is 1. The average molecular weight is 348 g/mol. The summed E-state index contributed by atoms with van der Waals surface area (Å²) in [7, 11) is 0. The first kappa shape index (κ1) is 18.4. The lowest BCUT2D eigenvalue weighted by atomic mass is 9.76. The van der Waals surface area contributed by atoms with Gasteiger partial charge in [0.2, 0.25) is 5.91 Å². The molecule has 1 saturated carbocycles. The van der Waals surface area contributed by atoms with E-state index in [1.54, 1.807) is 0 Å². The van der Waals surface area contributed by atoms with Gasteiger partial charge in [-0.2, -0.15) is 0 Å². The molecule has 2 unspecified atom stereocenters. The summed E-state index contributed by atoms with van der Waals surface area (Å²) in [5.41, 5.74) is 2.33. The lowest BCUT2D eigenvalue weighted by molar-refractivity contribution is -0.151. The predicted octanol–water partition coefficient (Wildman–Crippen LogP) is 2.91. The third-order valence-corrected chi connectivity index (χ3v) is 6.62. The molecule has 0 aromatic rings. The van der Waals surface area contributed by atoms with Crippen molar-refractivity contribution in [2.45, 2.75) is 64.8 Å². The number of hydrogen-bond donors (Lipinski definition) is 1. The molecule has 2 atom stereocenters. The van der Waals surface area contributed by atoms with Crippen LogP contribution in [0.3, 0.4) is 0 Å². The Morgan fingerprint density at radius 1 is 0.880 bits per heavy atom. The van der Waals surface area contributed by atoms with Crippen LogP contribution in [-0.4, -0.2) is 59.0 Å². The molecule has 1 aliphatic heterocycles. The number of carboxylic acids is 1. The van der Waals surface area contributed by atoms with Crippen molar-refractivity contribution in [3.63, 3.8) is 0 Å². The van der Waals surface area contributed by atoms with Crippen molar-refractivity contribution in [3.05, 3.63) is 11.1 Å². The van der Waals surface area contributed by atoms with E-state index >= 15 is 0 Å². The second-order valence-electron chi connectivity index (χ2n) is 8.17. The summed E-state index contributed by atoms with van der Waals surface area (Å²) in [6.07, 6.45) is 7.72. The lowest BCUT2D eigenvalue weighted by Crippen LogP contribution is -2.54. The van der Waals surface area contributed by atoms with Gasteiger partial charge in [-0.05, 0) is 39.5 Å². The van der Waals surface area contributed by atoms with Crippen LogP contribution in [0.2, 0.25) is 0 Å². The number of nitrogens with zero attached hydrogens (tertiary/aromatic N) is 2. The highest BCUT2D eigenvalue weighted by molar-refractivity contribution is 5.85. The Hall–Kier alpha value is -1.36. The van der Waals surface area contributed by atoms with Crippen LogP contribution in [0.15, 0.2) is 11.1 Å². The number of allylic oxidation sites excluding steroid dienone is 2. The lowest BCUT2D eigenvalue weighted by Gasteiger charge is -2.42. The van der Waals surface area contributed by atoms with Gasteiger partial charge in [-0.25, -0.2) is 0 Å². The van der Waals surface area contributed by atoms with E-state index in [9.17, 15) is 14.7 Å². The van der Waals surface area contributed by atoms with Crippen molar-refractivity contribution >= 4 is 11.9 Å². The summed E-state index contributed by atoms with van der Waals surface area (Å²) >= 11 is 0. The molecule has 1 amide bonds. The molecule has 0 aromatic carbocycles. The van der Waals surface area contributed by atoms with Crippen molar-refractivity contribution in [1.29, 1.82) is 0 Å². The van der Waals surface area contributed by atoms with E-state index in [1.807, 2.05) is 18.7 Å². The molecule has 1 saturated heterocycles. The Balaban J connectivity index is 1.60. The Labute approximate surface area is 151 Å². The standard InChI is InChI=1S/C20H32N2O3/c1-14-12-17(18(20(24)25)13-15(14)2)19(23)22-10-8-21(9-11-22)16-6-4-3-5-7-16/h16-18H,3-13H2,1-2H3,(H,24,25). The van der Waals surface area contributed by atoms with Crippen molar-refractivity contribution in [3.8, 4) is 0 Å². The summed E-state index contributed by atoms with van der Waals surface area (Å²) in [6, 6.07) is 0.695. The molecule has 25 heavy (non-hydrogen) atoms.